The minimum Gasteiger partial charge on any atom is -0.349 e. The van der Waals surface area contributed by atoms with Crippen LogP contribution in [0.5, 0.6) is 0 Å². The van der Waals surface area contributed by atoms with Crippen LogP contribution < -0.4 is 5.32 Å². The maximum atomic E-state index is 12.6. The third kappa shape index (κ3) is 2.93. The molecule has 4 rings (SSSR count). The van der Waals surface area contributed by atoms with E-state index in [1.807, 2.05) is 36.4 Å². The standard InChI is InChI=1S/C21H18N2O/c24-21(23-20-13-17-4-1-2-5-18(17)14-20)19-7-3-6-16(12-19)15-8-10-22-11-9-15/h1-12,20H,13-14H2,(H,23,24). The van der Waals surface area contributed by atoms with Gasteiger partial charge in [0.1, 0.15) is 0 Å². The van der Waals surface area contributed by atoms with Gasteiger partial charge >= 0.3 is 0 Å². The molecule has 0 saturated heterocycles. The molecule has 1 aliphatic carbocycles. The van der Waals surface area contributed by atoms with E-state index in [1.165, 1.54) is 11.1 Å². The number of rotatable bonds is 3. The minimum atomic E-state index is -0.0105. The van der Waals surface area contributed by atoms with Crippen molar-refractivity contribution in [3.63, 3.8) is 0 Å². The Morgan fingerprint density at radius 3 is 2.29 bits per heavy atom. The molecule has 0 aliphatic heterocycles. The van der Waals surface area contributed by atoms with Gasteiger partial charge in [-0.3, -0.25) is 9.78 Å². The summed E-state index contributed by atoms with van der Waals surface area (Å²) in [6.45, 7) is 0. The van der Waals surface area contributed by atoms with Gasteiger partial charge in [0.2, 0.25) is 0 Å². The molecule has 0 atom stereocenters. The van der Waals surface area contributed by atoms with Gasteiger partial charge in [-0.25, -0.2) is 0 Å². The van der Waals surface area contributed by atoms with Gasteiger partial charge in [-0.05, 0) is 59.4 Å². The van der Waals surface area contributed by atoms with Crippen LogP contribution in [0, 0.1) is 0 Å². The number of nitrogens with one attached hydrogen (secondary N) is 1. The lowest BCUT2D eigenvalue weighted by Gasteiger charge is -2.13. The zero-order chi connectivity index (χ0) is 16.4. The van der Waals surface area contributed by atoms with E-state index in [4.69, 9.17) is 0 Å². The summed E-state index contributed by atoms with van der Waals surface area (Å²) in [7, 11) is 0. The lowest BCUT2D eigenvalue weighted by molar-refractivity contribution is 0.0938. The van der Waals surface area contributed by atoms with Crippen molar-refractivity contribution in [2.24, 2.45) is 0 Å². The normalized spacial score (nSPS) is 13.5. The average Bonchev–Trinajstić information content (AvgIpc) is 3.05. The zero-order valence-corrected chi connectivity index (χ0v) is 13.3. The molecule has 118 valence electrons. The number of carbonyl (C=O) groups excluding carboxylic acids is 1. The Balaban J connectivity index is 1.50. The minimum absolute atomic E-state index is 0.0105. The number of aromatic nitrogens is 1. The Hall–Kier alpha value is -2.94. The molecule has 24 heavy (non-hydrogen) atoms. The summed E-state index contributed by atoms with van der Waals surface area (Å²) in [5, 5.41) is 3.17. The third-order valence-electron chi connectivity index (χ3n) is 4.52. The highest BCUT2D eigenvalue weighted by atomic mass is 16.1. The van der Waals surface area contributed by atoms with Crippen LogP contribution in [0.1, 0.15) is 21.5 Å². The van der Waals surface area contributed by atoms with Crippen LogP contribution in [0.4, 0.5) is 0 Å². The van der Waals surface area contributed by atoms with Crippen molar-refractivity contribution in [2.45, 2.75) is 18.9 Å². The van der Waals surface area contributed by atoms with E-state index >= 15 is 0 Å². The number of hydrogen-bond acceptors (Lipinski definition) is 2. The fourth-order valence-corrected chi connectivity index (χ4v) is 3.31. The number of hydrogen-bond donors (Lipinski definition) is 1. The summed E-state index contributed by atoms with van der Waals surface area (Å²) < 4.78 is 0. The summed E-state index contributed by atoms with van der Waals surface area (Å²) in [4.78, 5) is 16.6. The van der Waals surface area contributed by atoms with Crippen LogP contribution >= 0.6 is 0 Å². The average molecular weight is 314 g/mol. The molecule has 0 saturated carbocycles. The Kier molecular flexibility index (Phi) is 3.83. The monoisotopic (exact) mass is 314 g/mol. The van der Waals surface area contributed by atoms with Crippen LogP contribution in [0.15, 0.2) is 73.1 Å². The highest BCUT2D eigenvalue weighted by Crippen LogP contribution is 2.23. The lowest BCUT2D eigenvalue weighted by Crippen LogP contribution is -2.35. The number of nitrogens with zero attached hydrogens (tertiary/aromatic N) is 1. The number of fused-ring (bicyclic) bond motifs is 1. The molecule has 0 bridgehead atoms. The smallest absolute Gasteiger partial charge is 0.251 e. The maximum Gasteiger partial charge on any atom is 0.251 e. The molecule has 1 N–H and O–H groups in total. The van der Waals surface area contributed by atoms with Gasteiger partial charge in [-0.2, -0.15) is 0 Å². The van der Waals surface area contributed by atoms with Crippen LogP contribution in [0.2, 0.25) is 0 Å². The largest absolute Gasteiger partial charge is 0.349 e. The van der Waals surface area contributed by atoms with Gasteiger partial charge in [0.25, 0.3) is 5.91 Å². The van der Waals surface area contributed by atoms with Gasteiger partial charge < -0.3 is 5.32 Å². The fourth-order valence-electron chi connectivity index (χ4n) is 3.31. The molecule has 3 nitrogen and oxygen atoms in total. The molecular weight excluding hydrogens is 296 g/mol. The Morgan fingerprint density at radius 1 is 0.875 bits per heavy atom. The molecule has 1 heterocycles. The van der Waals surface area contributed by atoms with Gasteiger partial charge in [0, 0.05) is 24.0 Å². The van der Waals surface area contributed by atoms with E-state index in [-0.39, 0.29) is 11.9 Å². The summed E-state index contributed by atoms with van der Waals surface area (Å²) in [5.74, 6) is -0.0105. The second-order valence-electron chi connectivity index (χ2n) is 6.16. The molecule has 0 spiro atoms. The Bertz CT molecular complexity index is 849. The second-order valence-corrected chi connectivity index (χ2v) is 6.16. The van der Waals surface area contributed by atoms with Gasteiger partial charge in [0.05, 0.1) is 0 Å². The van der Waals surface area contributed by atoms with Crippen molar-refractivity contribution in [1.82, 2.24) is 10.3 Å². The highest BCUT2D eigenvalue weighted by Gasteiger charge is 2.22. The first-order valence-corrected chi connectivity index (χ1v) is 8.18. The first-order chi connectivity index (χ1) is 11.8. The summed E-state index contributed by atoms with van der Waals surface area (Å²) in [6.07, 6.45) is 5.34. The molecule has 2 aromatic carbocycles. The molecular formula is C21H18N2O. The van der Waals surface area contributed by atoms with E-state index in [9.17, 15) is 4.79 Å². The fraction of sp³-hybridized carbons (Fsp3) is 0.143. The number of amides is 1. The van der Waals surface area contributed by atoms with E-state index in [0.29, 0.717) is 5.56 Å². The molecule has 0 fully saturated rings. The van der Waals surface area contributed by atoms with Crippen molar-refractivity contribution in [3.8, 4) is 11.1 Å². The number of carbonyl (C=O) groups is 1. The van der Waals surface area contributed by atoms with Crippen molar-refractivity contribution in [3.05, 3.63) is 89.7 Å². The lowest BCUT2D eigenvalue weighted by atomic mass is 10.0. The van der Waals surface area contributed by atoms with Crippen LogP contribution in [-0.2, 0) is 12.8 Å². The van der Waals surface area contributed by atoms with Crippen molar-refractivity contribution < 1.29 is 4.79 Å². The molecule has 1 amide bonds. The van der Waals surface area contributed by atoms with E-state index in [2.05, 4.69) is 34.6 Å². The molecule has 0 radical (unpaired) electrons. The van der Waals surface area contributed by atoms with E-state index < -0.39 is 0 Å². The molecule has 1 aromatic heterocycles. The predicted octanol–water partition coefficient (Wildman–Crippen LogP) is 3.65. The highest BCUT2D eigenvalue weighted by molar-refractivity contribution is 5.95. The molecule has 1 aliphatic rings. The summed E-state index contributed by atoms with van der Waals surface area (Å²) >= 11 is 0. The van der Waals surface area contributed by atoms with Crippen LogP contribution in [0.25, 0.3) is 11.1 Å². The molecule has 0 unspecified atom stereocenters. The summed E-state index contributed by atoms with van der Waals surface area (Å²) in [5.41, 5.74) is 5.47. The Morgan fingerprint density at radius 2 is 1.58 bits per heavy atom. The van der Waals surface area contributed by atoms with Crippen molar-refractivity contribution in [1.29, 1.82) is 0 Å². The maximum absolute atomic E-state index is 12.6. The quantitative estimate of drug-likeness (QED) is 0.802. The second kappa shape index (κ2) is 6.28. The van der Waals surface area contributed by atoms with E-state index in [1.54, 1.807) is 12.4 Å². The van der Waals surface area contributed by atoms with E-state index in [0.717, 1.165) is 24.0 Å². The van der Waals surface area contributed by atoms with Crippen LogP contribution in [0.3, 0.4) is 0 Å². The third-order valence-corrected chi connectivity index (χ3v) is 4.52. The zero-order valence-electron chi connectivity index (χ0n) is 13.3. The van der Waals surface area contributed by atoms with Crippen molar-refractivity contribution >= 4 is 5.91 Å². The topological polar surface area (TPSA) is 42.0 Å². The SMILES string of the molecule is O=C(NC1Cc2ccccc2C1)c1cccc(-c2ccncc2)c1. The predicted molar refractivity (Wildman–Crippen MR) is 94.8 cm³/mol. The van der Waals surface area contributed by atoms with Crippen LogP contribution in [-0.4, -0.2) is 16.9 Å². The van der Waals surface area contributed by atoms with Crippen molar-refractivity contribution in [2.75, 3.05) is 0 Å². The summed E-state index contributed by atoms with van der Waals surface area (Å²) in [6, 6.07) is 20.2. The Labute approximate surface area is 141 Å². The first kappa shape index (κ1) is 14.6. The van der Waals surface area contributed by atoms with Gasteiger partial charge in [-0.15, -0.1) is 0 Å². The van der Waals surface area contributed by atoms with Gasteiger partial charge in [-0.1, -0.05) is 36.4 Å². The van der Waals surface area contributed by atoms with Gasteiger partial charge in [0.15, 0.2) is 0 Å². The number of benzene rings is 2. The molecule has 3 aromatic rings. The molecule has 3 heteroatoms. The number of pyridine rings is 1. The first-order valence-electron chi connectivity index (χ1n) is 8.18.